The van der Waals surface area contributed by atoms with Crippen LogP contribution in [0.4, 0.5) is 17.2 Å². The number of pyridine rings is 1. The number of para-hydroxylation sites is 1. The van der Waals surface area contributed by atoms with Gasteiger partial charge in [0.2, 0.25) is 0 Å². The van der Waals surface area contributed by atoms with Crippen LogP contribution in [0.15, 0.2) is 42.6 Å². The van der Waals surface area contributed by atoms with Gasteiger partial charge in [0.05, 0.1) is 11.9 Å². The summed E-state index contributed by atoms with van der Waals surface area (Å²) in [4.78, 5) is 11.6. The lowest BCUT2D eigenvalue weighted by Gasteiger charge is -2.25. The molecule has 0 atom stereocenters. The third-order valence-corrected chi connectivity index (χ3v) is 4.55. The minimum absolute atomic E-state index is 0.718. The van der Waals surface area contributed by atoms with E-state index in [1.54, 1.807) is 6.20 Å². The molecule has 1 aliphatic heterocycles. The molecule has 0 aliphatic carbocycles. The van der Waals surface area contributed by atoms with Crippen molar-refractivity contribution in [3.05, 3.63) is 48.2 Å². The van der Waals surface area contributed by atoms with Gasteiger partial charge < -0.3 is 15.5 Å². The molecule has 0 amide bonds. The number of aromatic nitrogens is 1. The van der Waals surface area contributed by atoms with Gasteiger partial charge in [-0.2, -0.15) is 0 Å². The predicted molar refractivity (Wildman–Crippen MR) is 102 cm³/mol. The molecule has 1 saturated heterocycles. The Morgan fingerprint density at radius 3 is 2.62 bits per heavy atom. The molecule has 0 unspecified atom stereocenters. The van der Waals surface area contributed by atoms with Crippen LogP contribution in [0.5, 0.6) is 0 Å². The Hall–Kier alpha value is -2.27. The van der Waals surface area contributed by atoms with Crippen LogP contribution in [0.3, 0.4) is 0 Å². The average Bonchev–Trinajstić information content (AvgIpc) is 2.81. The van der Waals surface area contributed by atoms with Gasteiger partial charge in [0.15, 0.2) is 0 Å². The molecule has 1 aliphatic rings. The highest BCUT2D eigenvalue weighted by Crippen LogP contribution is 2.21. The van der Waals surface area contributed by atoms with Gasteiger partial charge >= 0.3 is 0 Å². The Morgan fingerprint density at radius 1 is 1.04 bits per heavy atom. The third-order valence-electron chi connectivity index (χ3n) is 4.55. The zero-order valence-electron chi connectivity index (χ0n) is 14.7. The zero-order chi connectivity index (χ0) is 16.9. The van der Waals surface area contributed by atoms with Crippen LogP contribution in [0.25, 0.3) is 0 Å². The lowest BCUT2D eigenvalue weighted by molar-refractivity contribution is 0.285. The SMILES string of the molecule is CN(C)c1ccccc1CN1CCCN(c2ccc(N)cn2)CC1. The number of hydrogen-bond donors (Lipinski definition) is 1. The summed E-state index contributed by atoms with van der Waals surface area (Å²) in [6, 6.07) is 12.6. The van der Waals surface area contributed by atoms with Crippen molar-refractivity contribution in [1.29, 1.82) is 0 Å². The van der Waals surface area contributed by atoms with Crippen LogP contribution in [-0.4, -0.2) is 50.2 Å². The Balaban J connectivity index is 1.65. The number of nitrogens with two attached hydrogens (primary N) is 1. The molecule has 0 bridgehead atoms. The van der Waals surface area contributed by atoms with Crippen LogP contribution < -0.4 is 15.5 Å². The average molecular weight is 325 g/mol. The second-order valence-electron chi connectivity index (χ2n) is 6.59. The Morgan fingerprint density at radius 2 is 1.88 bits per heavy atom. The molecule has 0 saturated carbocycles. The molecule has 5 heteroatoms. The molecule has 0 radical (unpaired) electrons. The molecule has 2 N–H and O–H groups in total. The van der Waals surface area contributed by atoms with Crippen molar-refractivity contribution >= 4 is 17.2 Å². The van der Waals surface area contributed by atoms with Gasteiger partial charge in [0.1, 0.15) is 5.82 Å². The normalized spacial score (nSPS) is 16.0. The first kappa shape index (κ1) is 16.6. The highest BCUT2D eigenvalue weighted by molar-refractivity contribution is 5.52. The van der Waals surface area contributed by atoms with E-state index in [4.69, 9.17) is 5.73 Å². The molecule has 0 spiro atoms. The highest BCUT2D eigenvalue weighted by Gasteiger charge is 2.17. The van der Waals surface area contributed by atoms with E-state index in [2.05, 4.69) is 58.0 Å². The van der Waals surface area contributed by atoms with Gasteiger partial charge in [-0.3, -0.25) is 4.90 Å². The van der Waals surface area contributed by atoms with E-state index in [1.165, 1.54) is 11.3 Å². The van der Waals surface area contributed by atoms with E-state index in [-0.39, 0.29) is 0 Å². The van der Waals surface area contributed by atoms with Crippen molar-refractivity contribution in [2.75, 3.05) is 55.8 Å². The van der Waals surface area contributed by atoms with Crippen LogP contribution in [0, 0.1) is 0 Å². The van der Waals surface area contributed by atoms with E-state index in [1.807, 2.05) is 12.1 Å². The van der Waals surface area contributed by atoms with Gasteiger partial charge in [-0.25, -0.2) is 4.98 Å². The first-order valence-corrected chi connectivity index (χ1v) is 8.57. The van der Waals surface area contributed by atoms with Crippen LogP contribution >= 0.6 is 0 Å². The van der Waals surface area contributed by atoms with Crippen molar-refractivity contribution in [3.8, 4) is 0 Å². The van der Waals surface area contributed by atoms with E-state index >= 15 is 0 Å². The second-order valence-corrected chi connectivity index (χ2v) is 6.59. The van der Waals surface area contributed by atoms with Crippen molar-refractivity contribution in [2.45, 2.75) is 13.0 Å². The molecule has 1 fully saturated rings. The fourth-order valence-corrected chi connectivity index (χ4v) is 3.26. The maximum Gasteiger partial charge on any atom is 0.128 e. The number of rotatable bonds is 4. The van der Waals surface area contributed by atoms with Gasteiger partial charge in [0, 0.05) is 52.5 Å². The molecule has 2 heterocycles. The minimum Gasteiger partial charge on any atom is -0.397 e. The monoisotopic (exact) mass is 325 g/mol. The van der Waals surface area contributed by atoms with Crippen LogP contribution in [-0.2, 0) is 6.54 Å². The summed E-state index contributed by atoms with van der Waals surface area (Å²) in [6.07, 6.45) is 2.89. The highest BCUT2D eigenvalue weighted by atomic mass is 15.2. The lowest BCUT2D eigenvalue weighted by atomic mass is 10.1. The molecular weight excluding hydrogens is 298 g/mol. The molecule has 2 aromatic rings. The minimum atomic E-state index is 0.718. The molecule has 5 nitrogen and oxygen atoms in total. The van der Waals surface area contributed by atoms with E-state index in [0.717, 1.165) is 50.6 Å². The number of nitrogen functional groups attached to an aromatic ring is 1. The van der Waals surface area contributed by atoms with E-state index in [0.29, 0.717) is 0 Å². The number of benzene rings is 1. The first-order chi connectivity index (χ1) is 11.6. The zero-order valence-corrected chi connectivity index (χ0v) is 14.7. The summed E-state index contributed by atoms with van der Waals surface area (Å²) in [7, 11) is 4.21. The number of anilines is 3. The summed E-state index contributed by atoms with van der Waals surface area (Å²) in [5, 5.41) is 0. The molecule has 3 rings (SSSR count). The molecule has 1 aromatic heterocycles. The fraction of sp³-hybridized carbons (Fsp3) is 0.421. The predicted octanol–water partition coefficient (Wildman–Crippen LogP) is 2.44. The lowest BCUT2D eigenvalue weighted by Crippen LogP contribution is -2.31. The van der Waals surface area contributed by atoms with Crippen LogP contribution in [0.1, 0.15) is 12.0 Å². The number of nitrogens with zero attached hydrogens (tertiary/aromatic N) is 4. The number of hydrogen-bond acceptors (Lipinski definition) is 5. The molecule has 128 valence electrons. The van der Waals surface area contributed by atoms with Crippen molar-refractivity contribution in [1.82, 2.24) is 9.88 Å². The van der Waals surface area contributed by atoms with Crippen molar-refractivity contribution in [3.63, 3.8) is 0 Å². The Bertz CT molecular complexity index is 653. The fourth-order valence-electron chi connectivity index (χ4n) is 3.26. The second kappa shape index (κ2) is 7.53. The summed E-state index contributed by atoms with van der Waals surface area (Å²) in [5.74, 6) is 1.03. The van der Waals surface area contributed by atoms with Gasteiger partial charge in [-0.05, 0) is 30.2 Å². The third kappa shape index (κ3) is 3.97. The molecular formula is C19H27N5. The summed E-state index contributed by atoms with van der Waals surface area (Å²) >= 11 is 0. The molecule has 1 aromatic carbocycles. The van der Waals surface area contributed by atoms with Gasteiger partial charge in [-0.1, -0.05) is 18.2 Å². The van der Waals surface area contributed by atoms with Gasteiger partial charge in [0.25, 0.3) is 0 Å². The largest absolute Gasteiger partial charge is 0.397 e. The first-order valence-electron chi connectivity index (χ1n) is 8.57. The maximum absolute atomic E-state index is 5.74. The quantitative estimate of drug-likeness (QED) is 0.936. The smallest absolute Gasteiger partial charge is 0.128 e. The Kier molecular flexibility index (Phi) is 5.20. The summed E-state index contributed by atoms with van der Waals surface area (Å²) in [6.45, 7) is 5.21. The topological polar surface area (TPSA) is 48.6 Å². The molecule has 24 heavy (non-hydrogen) atoms. The Labute approximate surface area is 144 Å². The summed E-state index contributed by atoms with van der Waals surface area (Å²) in [5.41, 5.74) is 9.15. The summed E-state index contributed by atoms with van der Waals surface area (Å²) < 4.78 is 0. The van der Waals surface area contributed by atoms with Crippen molar-refractivity contribution < 1.29 is 0 Å². The van der Waals surface area contributed by atoms with E-state index in [9.17, 15) is 0 Å². The van der Waals surface area contributed by atoms with Crippen molar-refractivity contribution in [2.24, 2.45) is 0 Å². The van der Waals surface area contributed by atoms with Gasteiger partial charge in [-0.15, -0.1) is 0 Å². The standard InChI is InChI=1S/C19H27N5/c1-22(2)18-7-4-3-6-16(18)15-23-10-5-11-24(13-12-23)19-9-8-17(20)14-21-19/h3-4,6-9,14H,5,10-13,15,20H2,1-2H3. The van der Waals surface area contributed by atoms with Crippen LogP contribution in [0.2, 0.25) is 0 Å². The maximum atomic E-state index is 5.74. The van der Waals surface area contributed by atoms with E-state index < -0.39 is 0 Å².